The molecule has 0 atom stereocenters. The van der Waals surface area contributed by atoms with E-state index in [1.165, 1.54) is 19.2 Å². The number of ketones is 2. The van der Waals surface area contributed by atoms with Gasteiger partial charge in [-0.1, -0.05) is 18.2 Å². The van der Waals surface area contributed by atoms with Crippen molar-refractivity contribution in [3.63, 3.8) is 0 Å². The largest absolute Gasteiger partial charge is 0.453 e. The van der Waals surface area contributed by atoms with Crippen LogP contribution < -0.4 is 0 Å². The molecule has 0 radical (unpaired) electrons. The van der Waals surface area contributed by atoms with Crippen LogP contribution in [0.25, 0.3) is 11.0 Å². The third-order valence-corrected chi connectivity index (χ3v) is 3.34. The van der Waals surface area contributed by atoms with Crippen LogP contribution in [0.5, 0.6) is 0 Å². The first kappa shape index (κ1) is 14.8. The van der Waals surface area contributed by atoms with Crippen LogP contribution in [0.3, 0.4) is 0 Å². The van der Waals surface area contributed by atoms with Gasteiger partial charge in [-0.15, -0.1) is 0 Å². The molecule has 3 aromatic rings. The Kier molecular flexibility index (Phi) is 3.80. The lowest BCUT2D eigenvalue weighted by Crippen LogP contribution is -2.14. The summed E-state index contributed by atoms with van der Waals surface area (Å²) in [4.78, 5) is 37.7. The van der Waals surface area contributed by atoms with E-state index in [2.05, 4.69) is 4.98 Å². The van der Waals surface area contributed by atoms with Crippen LogP contribution in [-0.4, -0.2) is 29.1 Å². The van der Waals surface area contributed by atoms with Crippen molar-refractivity contribution in [1.82, 2.24) is 4.98 Å². The van der Waals surface area contributed by atoms with Crippen LogP contribution in [0.4, 0.5) is 0 Å². The molecule has 0 fully saturated rings. The molecule has 0 saturated carbocycles. The number of esters is 1. The fraction of sp³-hybridized carbons (Fsp3) is 0.118. The van der Waals surface area contributed by atoms with E-state index in [1.807, 2.05) is 12.1 Å². The zero-order chi connectivity index (χ0) is 16.4. The molecular formula is C17H13NO5. The Hall–Kier alpha value is -3.15. The number of fused-ring (bicyclic) bond motifs is 1. The number of para-hydroxylation sites is 1. The Morgan fingerprint density at radius 3 is 2.65 bits per heavy atom. The number of H-pyrrole nitrogens is 1. The maximum atomic E-state index is 12.0. The van der Waals surface area contributed by atoms with Crippen molar-refractivity contribution in [1.29, 1.82) is 0 Å². The van der Waals surface area contributed by atoms with Gasteiger partial charge < -0.3 is 14.1 Å². The molecule has 0 aliphatic rings. The van der Waals surface area contributed by atoms with E-state index in [1.54, 1.807) is 18.2 Å². The minimum absolute atomic E-state index is 0.118. The number of carbonyl (C=O) groups excluding carboxylic acids is 3. The van der Waals surface area contributed by atoms with Crippen molar-refractivity contribution >= 4 is 28.5 Å². The maximum Gasteiger partial charge on any atom is 0.355 e. The molecule has 0 aliphatic carbocycles. The number of rotatable bonds is 5. The van der Waals surface area contributed by atoms with E-state index in [4.69, 9.17) is 9.15 Å². The van der Waals surface area contributed by atoms with Gasteiger partial charge in [-0.25, -0.2) is 4.79 Å². The van der Waals surface area contributed by atoms with E-state index >= 15 is 0 Å². The Morgan fingerprint density at radius 2 is 1.96 bits per heavy atom. The molecule has 0 saturated heterocycles. The summed E-state index contributed by atoms with van der Waals surface area (Å²) in [7, 11) is 0. The normalized spacial score (nSPS) is 10.7. The minimum atomic E-state index is -0.707. The standard InChI is InChI=1S/C17H13NO5/c1-10(19)12-6-13(18-8-12)17(21)22-9-14(20)16-7-11-4-2-3-5-15(11)23-16/h2-8,18H,9H2,1H3. The Labute approximate surface area is 131 Å². The van der Waals surface area contributed by atoms with Crippen LogP contribution in [0, 0.1) is 0 Å². The highest BCUT2D eigenvalue weighted by atomic mass is 16.5. The molecule has 1 aromatic carbocycles. The van der Waals surface area contributed by atoms with Gasteiger partial charge in [0, 0.05) is 17.1 Å². The maximum absolute atomic E-state index is 12.0. The number of furan rings is 1. The summed E-state index contributed by atoms with van der Waals surface area (Å²) in [6.07, 6.45) is 1.42. The van der Waals surface area contributed by atoms with Crippen LogP contribution in [-0.2, 0) is 4.74 Å². The van der Waals surface area contributed by atoms with Crippen LogP contribution in [0.1, 0.15) is 38.3 Å². The summed E-state index contributed by atoms with van der Waals surface area (Å²) in [5.41, 5.74) is 1.09. The topological polar surface area (TPSA) is 89.4 Å². The van der Waals surface area contributed by atoms with Gasteiger partial charge in [0.2, 0.25) is 5.78 Å². The lowest BCUT2D eigenvalue weighted by Gasteiger charge is -2.00. The number of ether oxygens (including phenoxy) is 1. The quantitative estimate of drug-likeness (QED) is 0.578. The van der Waals surface area contributed by atoms with Crippen LogP contribution in [0.15, 0.2) is 47.0 Å². The molecule has 6 heteroatoms. The van der Waals surface area contributed by atoms with Gasteiger partial charge >= 0.3 is 5.97 Å². The number of hydrogen-bond acceptors (Lipinski definition) is 5. The van der Waals surface area contributed by atoms with E-state index in [9.17, 15) is 14.4 Å². The van der Waals surface area contributed by atoms with E-state index < -0.39 is 18.4 Å². The van der Waals surface area contributed by atoms with Gasteiger partial charge in [-0.3, -0.25) is 9.59 Å². The molecule has 0 amide bonds. The van der Waals surface area contributed by atoms with Gasteiger partial charge in [-0.05, 0) is 25.1 Å². The fourth-order valence-corrected chi connectivity index (χ4v) is 2.11. The van der Waals surface area contributed by atoms with E-state index in [0.29, 0.717) is 11.1 Å². The van der Waals surface area contributed by atoms with Gasteiger partial charge in [0.05, 0.1) is 0 Å². The molecule has 2 aromatic heterocycles. The van der Waals surface area contributed by atoms with Gasteiger partial charge in [0.25, 0.3) is 0 Å². The van der Waals surface area contributed by atoms with E-state index in [-0.39, 0.29) is 17.2 Å². The summed E-state index contributed by atoms with van der Waals surface area (Å²) in [5, 5.41) is 0.803. The number of Topliss-reactive ketones (excluding diaryl/α,β-unsaturated/α-hetero) is 2. The number of aromatic nitrogens is 1. The Bertz CT molecular complexity index is 869. The SMILES string of the molecule is CC(=O)c1c[nH]c(C(=O)OCC(=O)c2cc3ccccc3o2)c1. The minimum Gasteiger partial charge on any atom is -0.453 e. The molecule has 6 nitrogen and oxygen atoms in total. The third-order valence-electron chi connectivity index (χ3n) is 3.34. The fourth-order valence-electron chi connectivity index (χ4n) is 2.11. The highest BCUT2D eigenvalue weighted by molar-refractivity contribution is 6.01. The predicted molar refractivity (Wildman–Crippen MR) is 81.6 cm³/mol. The molecule has 1 N–H and O–H groups in total. The number of nitrogens with one attached hydrogen (secondary N) is 1. The average Bonchev–Trinajstić information content (AvgIpc) is 3.18. The second-order valence-electron chi connectivity index (χ2n) is 5.01. The van der Waals surface area contributed by atoms with Crippen LogP contribution in [0.2, 0.25) is 0 Å². The summed E-state index contributed by atoms with van der Waals surface area (Å²) < 4.78 is 10.4. The third kappa shape index (κ3) is 3.06. The van der Waals surface area contributed by atoms with E-state index in [0.717, 1.165) is 5.39 Å². The molecule has 23 heavy (non-hydrogen) atoms. The first-order valence-corrected chi connectivity index (χ1v) is 6.93. The number of hydrogen-bond donors (Lipinski definition) is 1. The molecule has 0 bridgehead atoms. The lowest BCUT2D eigenvalue weighted by atomic mass is 10.2. The summed E-state index contributed by atoms with van der Waals surface area (Å²) in [5.74, 6) is -1.18. The first-order valence-electron chi connectivity index (χ1n) is 6.93. The summed E-state index contributed by atoms with van der Waals surface area (Å²) in [6, 6.07) is 10.2. The molecule has 116 valence electrons. The molecule has 0 unspecified atom stereocenters. The Morgan fingerprint density at radius 1 is 1.17 bits per heavy atom. The number of benzene rings is 1. The highest BCUT2D eigenvalue weighted by Gasteiger charge is 2.17. The van der Waals surface area contributed by atoms with Crippen LogP contribution >= 0.6 is 0 Å². The average molecular weight is 311 g/mol. The van der Waals surface area contributed by atoms with Crippen molar-refractivity contribution < 1.29 is 23.5 Å². The molecule has 3 rings (SSSR count). The number of carbonyl (C=O) groups is 3. The van der Waals surface area contributed by atoms with Crippen molar-refractivity contribution in [3.8, 4) is 0 Å². The molecular weight excluding hydrogens is 298 g/mol. The van der Waals surface area contributed by atoms with Gasteiger partial charge in [-0.2, -0.15) is 0 Å². The van der Waals surface area contributed by atoms with Crippen molar-refractivity contribution in [2.24, 2.45) is 0 Å². The zero-order valence-electron chi connectivity index (χ0n) is 12.3. The zero-order valence-corrected chi connectivity index (χ0v) is 12.3. The Balaban J connectivity index is 1.65. The van der Waals surface area contributed by atoms with Crippen molar-refractivity contribution in [2.75, 3.05) is 6.61 Å². The lowest BCUT2D eigenvalue weighted by molar-refractivity contribution is 0.0463. The number of aromatic amines is 1. The molecule has 0 aliphatic heterocycles. The predicted octanol–water partition coefficient (Wildman–Crippen LogP) is 3.00. The highest BCUT2D eigenvalue weighted by Crippen LogP contribution is 2.19. The monoisotopic (exact) mass is 311 g/mol. The molecule has 0 spiro atoms. The molecule has 2 heterocycles. The summed E-state index contributed by atoms with van der Waals surface area (Å²) >= 11 is 0. The summed E-state index contributed by atoms with van der Waals surface area (Å²) in [6.45, 7) is 0.955. The van der Waals surface area contributed by atoms with Gasteiger partial charge in [0.15, 0.2) is 18.2 Å². The second kappa shape index (κ2) is 5.92. The smallest absolute Gasteiger partial charge is 0.355 e. The van der Waals surface area contributed by atoms with Crippen molar-refractivity contribution in [3.05, 3.63) is 59.6 Å². The first-order chi connectivity index (χ1) is 11.0. The van der Waals surface area contributed by atoms with Crippen molar-refractivity contribution in [2.45, 2.75) is 6.92 Å². The van der Waals surface area contributed by atoms with Gasteiger partial charge in [0.1, 0.15) is 11.3 Å². The second-order valence-corrected chi connectivity index (χ2v) is 5.01.